The van der Waals surface area contributed by atoms with Gasteiger partial charge in [-0.2, -0.15) is 5.26 Å². The number of nitrogens with one attached hydrogen (secondary N) is 1. The Balaban J connectivity index is 2.27. The summed E-state index contributed by atoms with van der Waals surface area (Å²) in [4.78, 5) is 26.1. The molecule has 1 amide bonds. The summed E-state index contributed by atoms with van der Waals surface area (Å²) in [7, 11) is 2.97. The fourth-order valence-electron chi connectivity index (χ4n) is 3.41. The average Bonchev–Trinajstić information content (AvgIpc) is 2.78. The molecule has 0 spiro atoms. The van der Waals surface area contributed by atoms with Crippen LogP contribution in [0, 0.1) is 22.6 Å². The molecule has 0 radical (unpaired) electrons. The molecule has 0 aliphatic carbocycles. The van der Waals surface area contributed by atoms with Crippen molar-refractivity contribution in [2.45, 2.75) is 38.9 Å². The van der Waals surface area contributed by atoms with Crippen LogP contribution in [0.4, 0.5) is 10.1 Å². The molecule has 0 bridgehead atoms. The minimum absolute atomic E-state index is 0.0539. The smallest absolute Gasteiger partial charge is 0.231 e. The number of carbonyl (C=O) groups is 2. The molecule has 2 aromatic carbocycles. The van der Waals surface area contributed by atoms with Crippen molar-refractivity contribution < 1.29 is 23.5 Å². The molecule has 33 heavy (non-hydrogen) atoms. The van der Waals surface area contributed by atoms with Crippen LogP contribution in [0.2, 0.25) is 10.0 Å². The van der Waals surface area contributed by atoms with Crippen molar-refractivity contribution in [3.8, 4) is 6.07 Å². The third kappa shape index (κ3) is 7.51. The number of hydrogen-bond acceptors (Lipinski definition) is 5. The lowest BCUT2D eigenvalue weighted by Crippen LogP contribution is -2.37. The van der Waals surface area contributed by atoms with E-state index in [0.29, 0.717) is 12.0 Å². The lowest BCUT2D eigenvalue weighted by atomic mass is 9.77. The number of ketones is 1. The number of Topliss-reactive ketones (excluding diaryl/α,β-unsaturated/α-hetero) is 1. The van der Waals surface area contributed by atoms with Gasteiger partial charge in [-0.05, 0) is 43.2 Å². The number of methoxy groups -OCH3 is 2. The van der Waals surface area contributed by atoms with E-state index in [4.69, 9.17) is 37.9 Å². The zero-order valence-corrected chi connectivity index (χ0v) is 20.1. The maximum absolute atomic E-state index is 13.7. The molecule has 1 atom stereocenters. The number of rotatable bonds is 11. The summed E-state index contributed by atoms with van der Waals surface area (Å²) in [5.41, 5.74) is 0.338. The maximum Gasteiger partial charge on any atom is 0.231 e. The van der Waals surface area contributed by atoms with Gasteiger partial charge in [-0.1, -0.05) is 35.3 Å². The second kappa shape index (κ2) is 12.1. The van der Waals surface area contributed by atoms with Crippen LogP contribution in [0.5, 0.6) is 0 Å². The lowest BCUT2D eigenvalue weighted by molar-refractivity contribution is -0.134. The van der Waals surface area contributed by atoms with Crippen molar-refractivity contribution in [1.29, 1.82) is 5.26 Å². The van der Waals surface area contributed by atoms with Crippen molar-refractivity contribution in [3.63, 3.8) is 0 Å². The third-order valence-electron chi connectivity index (χ3n) is 5.24. The number of hydrogen-bond donors (Lipinski definition) is 1. The first-order valence-corrected chi connectivity index (χ1v) is 10.9. The molecular weight excluding hydrogens is 470 g/mol. The number of benzene rings is 2. The summed E-state index contributed by atoms with van der Waals surface area (Å²) in [6, 6.07) is 11.3. The molecule has 2 aromatic rings. The normalized spacial score (nSPS) is 12.8. The third-order valence-corrected chi connectivity index (χ3v) is 5.79. The monoisotopic (exact) mass is 494 g/mol. The van der Waals surface area contributed by atoms with Gasteiger partial charge in [0.15, 0.2) is 12.1 Å². The Morgan fingerprint density at radius 1 is 1.15 bits per heavy atom. The highest BCUT2D eigenvalue weighted by Crippen LogP contribution is 2.32. The Morgan fingerprint density at radius 3 is 2.24 bits per heavy atom. The van der Waals surface area contributed by atoms with Gasteiger partial charge in [0.2, 0.25) is 5.91 Å². The van der Waals surface area contributed by atoms with Gasteiger partial charge >= 0.3 is 0 Å². The van der Waals surface area contributed by atoms with Crippen LogP contribution < -0.4 is 5.32 Å². The predicted octanol–water partition coefficient (Wildman–Crippen LogP) is 5.55. The quantitative estimate of drug-likeness (QED) is 0.326. The molecule has 176 valence electrons. The average molecular weight is 495 g/mol. The van der Waals surface area contributed by atoms with Gasteiger partial charge in [0.05, 0.1) is 27.1 Å². The minimum Gasteiger partial charge on any atom is -0.356 e. The molecule has 0 heterocycles. The minimum atomic E-state index is -1.14. The van der Waals surface area contributed by atoms with E-state index < -0.39 is 23.4 Å². The Kier molecular flexibility index (Phi) is 9.81. The number of nitrogens with zero attached hydrogens (tertiary/aromatic N) is 1. The Hall–Kier alpha value is -2.50. The Bertz CT molecular complexity index is 1010. The number of amides is 1. The van der Waals surface area contributed by atoms with E-state index in [2.05, 4.69) is 5.32 Å². The topological polar surface area (TPSA) is 88.4 Å². The zero-order valence-electron chi connectivity index (χ0n) is 18.6. The highest BCUT2D eigenvalue weighted by Gasteiger charge is 2.36. The molecular formula is C24H25Cl2FN2O4. The number of nitriles is 1. The molecule has 0 saturated carbocycles. The van der Waals surface area contributed by atoms with Gasteiger partial charge in [-0.3, -0.25) is 9.59 Å². The fourth-order valence-corrected chi connectivity index (χ4v) is 3.90. The van der Waals surface area contributed by atoms with E-state index in [-0.39, 0.29) is 40.8 Å². The SMILES string of the molecule is COC(CCC(=O)C[C@](C)(Cc1ccc(C#N)cc1)C(=O)Nc1cc(Cl)c(F)c(Cl)c1)OC. The largest absolute Gasteiger partial charge is 0.356 e. The molecule has 0 aliphatic heterocycles. The van der Waals surface area contributed by atoms with Crippen LogP contribution >= 0.6 is 23.2 Å². The van der Waals surface area contributed by atoms with Crippen LogP contribution in [0.25, 0.3) is 0 Å². The van der Waals surface area contributed by atoms with E-state index in [1.54, 1.807) is 31.2 Å². The van der Waals surface area contributed by atoms with E-state index >= 15 is 0 Å². The summed E-state index contributed by atoms with van der Waals surface area (Å²) >= 11 is 11.7. The summed E-state index contributed by atoms with van der Waals surface area (Å²) in [5, 5.41) is 11.3. The van der Waals surface area contributed by atoms with E-state index in [0.717, 1.165) is 5.56 Å². The second-order valence-electron chi connectivity index (χ2n) is 7.91. The molecule has 0 unspecified atom stereocenters. The predicted molar refractivity (Wildman–Crippen MR) is 125 cm³/mol. The van der Waals surface area contributed by atoms with Crippen LogP contribution in [0.3, 0.4) is 0 Å². The number of carbonyl (C=O) groups excluding carboxylic acids is 2. The summed E-state index contributed by atoms with van der Waals surface area (Å²) in [6.45, 7) is 1.68. The van der Waals surface area contributed by atoms with E-state index in [1.165, 1.54) is 26.4 Å². The second-order valence-corrected chi connectivity index (χ2v) is 8.72. The molecule has 2 rings (SSSR count). The summed E-state index contributed by atoms with van der Waals surface area (Å²) in [5.74, 6) is -1.37. The van der Waals surface area contributed by atoms with Gasteiger partial charge < -0.3 is 14.8 Å². The molecule has 0 aliphatic rings. The standard InChI is InChI=1S/C24H25Cl2FN2O4/c1-24(12-15-4-6-16(14-28)7-5-15,13-18(30)8-9-21(32-2)33-3)23(31)29-17-10-19(25)22(27)20(26)11-17/h4-7,10-11,21H,8-9,12-13H2,1-3H3,(H,29,31)/t24-/m0/s1. The molecule has 6 nitrogen and oxygen atoms in total. The van der Waals surface area contributed by atoms with Crippen LogP contribution in [-0.4, -0.2) is 32.2 Å². The Morgan fingerprint density at radius 2 is 1.73 bits per heavy atom. The van der Waals surface area contributed by atoms with E-state index in [1.807, 2.05) is 6.07 Å². The van der Waals surface area contributed by atoms with Crippen LogP contribution in [0.15, 0.2) is 36.4 Å². The molecule has 1 N–H and O–H groups in total. The van der Waals surface area contributed by atoms with Gasteiger partial charge in [-0.25, -0.2) is 4.39 Å². The first-order valence-electron chi connectivity index (χ1n) is 10.1. The van der Waals surface area contributed by atoms with Crippen molar-refractivity contribution in [3.05, 3.63) is 63.4 Å². The van der Waals surface area contributed by atoms with Crippen LogP contribution in [0.1, 0.15) is 37.3 Å². The molecule has 9 heteroatoms. The van der Waals surface area contributed by atoms with Crippen LogP contribution in [-0.2, 0) is 25.5 Å². The number of halogens is 3. The van der Waals surface area contributed by atoms with Crippen molar-refractivity contribution in [2.24, 2.45) is 5.41 Å². The van der Waals surface area contributed by atoms with Crippen molar-refractivity contribution >= 4 is 40.6 Å². The summed E-state index contributed by atoms with van der Waals surface area (Å²) in [6.07, 6.45) is 0.176. The van der Waals surface area contributed by atoms with Gasteiger partial charge in [-0.15, -0.1) is 0 Å². The van der Waals surface area contributed by atoms with Gasteiger partial charge in [0, 0.05) is 39.2 Å². The molecule has 0 saturated heterocycles. The van der Waals surface area contributed by atoms with Gasteiger partial charge in [0.1, 0.15) is 5.78 Å². The maximum atomic E-state index is 13.7. The first-order chi connectivity index (χ1) is 15.6. The lowest BCUT2D eigenvalue weighted by Gasteiger charge is -2.28. The Labute approximate surface area is 202 Å². The number of ether oxygens (including phenoxy) is 2. The fraction of sp³-hybridized carbons (Fsp3) is 0.375. The van der Waals surface area contributed by atoms with E-state index in [9.17, 15) is 14.0 Å². The first kappa shape index (κ1) is 26.7. The highest BCUT2D eigenvalue weighted by atomic mass is 35.5. The highest BCUT2D eigenvalue weighted by molar-refractivity contribution is 6.35. The van der Waals surface area contributed by atoms with Crippen molar-refractivity contribution in [2.75, 3.05) is 19.5 Å². The zero-order chi connectivity index (χ0) is 24.6. The van der Waals surface area contributed by atoms with Crippen molar-refractivity contribution in [1.82, 2.24) is 0 Å². The van der Waals surface area contributed by atoms with Gasteiger partial charge in [0.25, 0.3) is 0 Å². The molecule has 0 fully saturated rings. The molecule has 0 aromatic heterocycles. The summed E-state index contributed by atoms with van der Waals surface area (Å²) < 4.78 is 24.0. The number of anilines is 1.